The third-order valence-electron chi connectivity index (χ3n) is 5.86. The zero-order chi connectivity index (χ0) is 26.3. The predicted molar refractivity (Wildman–Crippen MR) is 139 cm³/mol. The van der Waals surface area contributed by atoms with Gasteiger partial charge in [0, 0.05) is 24.2 Å². The van der Waals surface area contributed by atoms with E-state index in [0.29, 0.717) is 35.1 Å². The van der Waals surface area contributed by atoms with Gasteiger partial charge in [-0.25, -0.2) is 8.42 Å². The standard InChI is InChI=1S/C25H32ClN3O6S/c1-4-13-27-25(31)21(5-2)28(15-18-9-7-8-10-20(18)26)24(30)16-29(36(32,33)6-3)19-11-12-22-23(14-19)35-17-34-22/h7-12,14,21H,4-6,13,15-17H2,1-3H3,(H,27,31). The number of halogens is 1. The number of amides is 2. The molecule has 0 bridgehead atoms. The van der Waals surface area contributed by atoms with Crippen LogP contribution >= 0.6 is 11.6 Å². The molecule has 1 unspecified atom stereocenters. The maximum Gasteiger partial charge on any atom is 0.244 e. The number of ether oxygens (including phenoxy) is 2. The molecule has 1 atom stereocenters. The van der Waals surface area contributed by atoms with Gasteiger partial charge in [-0.05, 0) is 43.5 Å². The Morgan fingerprint density at radius 2 is 1.81 bits per heavy atom. The summed E-state index contributed by atoms with van der Waals surface area (Å²) in [7, 11) is -3.84. The number of carbonyl (C=O) groups excluding carboxylic acids is 2. The van der Waals surface area contributed by atoms with E-state index in [4.69, 9.17) is 21.1 Å². The van der Waals surface area contributed by atoms with Gasteiger partial charge in [0.25, 0.3) is 0 Å². The van der Waals surface area contributed by atoms with Gasteiger partial charge in [-0.1, -0.05) is 43.6 Å². The van der Waals surface area contributed by atoms with Gasteiger partial charge in [-0.3, -0.25) is 13.9 Å². The minimum atomic E-state index is -3.84. The van der Waals surface area contributed by atoms with Crippen LogP contribution in [0.4, 0.5) is 5.69 Å². The largest absolute Gasteiger partial charge is 0.454 e. The second-order valence-electron chi connectivity index (χ2n) is 8.27. The molecular formula is C25H32ClN3O6S. The smallest absolute Gasteiger partial charge is 0.244 e. The molecule has 196 valence electrons. The molecule has 3 rings (SSSR count). The Morgan fingerprint density at radius 3 is 2.47 bits per heavy atom. The van der Waals surface area contributed by atoms with E-state index in [1.807, 2.05) is 13.8 Å². The normalized spacial score (nSPS) is 13.2. The molecule has 2 aromatic rings. The van der Waals surface area contributed by atoms with Crippen LogP contribution in [0.5, 0.6) is 11.5 Å². The summed E-state index contributed by atoms with van der Waals surface area (Å²) in [6.07, 6.45) is 1.09. The molecule has 2 amide bonds. The average molecular weight is 538 g/mol. The Kier molecular flexibility index (Phi) is 9.44. The van der Waals surface area contributed by atoms with E-state index >= 15 is 0 Å². The maximum absolute atomic E-state index is 13.8. The number of rotatable bonds is 12. The van der Waals surface area contributed by atoms with Gasteiger partial charge in [0.1, 0.15) is 12.6 Å². The van der Waals surface area contributed by atoms with Crippen LogP contribution in [0.25, 0.3) is 0 Å². The first-order chi connectivity index (χ1) is 17.2. The number of anilines is 1. The highest BCUT2D eigenvalue weighted by atomic mass is 35.5. The molecule has 0 radical (unpaired) electrons. The quantitative estimate of drug-likeness (QED) is 0.444. The van der Waals surface area contributed by atoms with Crippen LogP contribution in [0.3, 0.4) is 0 Å². The molecule has 1 aliphatic rings. The maximum atomic E-state index is 13.8. The van der Waals surface area contributed by atoms with Crippen molar-refractivity contribution >= 4 is 39.1 Å². The van der Waals surface area contributed by atoms with E-state index in [9.17, 15) is 18.0 Å². The number of carbonyl (C=O) groups is 2. The summed E-state index contributed by atoms with van der Waals surface area (Å²) in [4.78, 5) is 28.1. The first-order valence-corrected chi connectivity index (χ1v) is 13.9. The Hall–Kier alpha value is -2.98. The van der Waals surface area contributed by atoms with Crippen molar-refractivity contribution < 1.29 is 27.5 Å². The molecule has 9 nitrogen and oxygen atoms in total. The first kappa shape index (κ1) is 27.6. The lowest BCUT2D eigenvalue weighted by atomic mass is 10.1. The van der Waals surface area contributed by atoms with Crippen molar-refractivity contribution in [3.8, 4) is 11.5 Å². The van der Waals surface area contributed by atoms with Gasteiger partial charge in [-0.2, -0.15) is 0 Å². The molecule has 1 N–H and O–H groups in total. The van der Waals surface area contributed by atoms with Gasteiger partial charge in [0.05, 0.1) is 11.4 Å². The summed E-state index contributed by atoms with van der Waals surface area (Å²) in [6.45, 7) is 5.32. The van der Waals surface area contributed by atoms with Crippen molar-refractivity contribution in [1.29, 1.82) is 0 Å². The summed E-state index contributed by atoms with van der Waals surface area (Å²) < 4.78 is 37.9. The first-order valence-electron chi connectivity index (χ1n) is 11.9. The summed E-state index contributed by atoms with van der Waals surface area (Å²) >= 11 is 6.36. The monoisotopic (exact) mass is 537 g/mol. The number of nitrogens with zero attached hydrogens (tertiary/aromatic N) is 2. The highest BCUT2D eigenvalue weighted by Gasteiger charge is 2.33. The van der Waals surface area contributed by atoms with Crippen LogP contribution in [-0.4, -0.2) is 56.8 Å². The number of hydrogen-bond donors (Lipinski definition) is 1. The molecule has 0 spiro atoms. The van der Waals surface area contributed by atoms with E-state index in [1.54, 1.807) is 36.4 Å². The third-order valence-corrected chi connectivity index (χ3v) is 7.97. The lowest BCUT2D eigenvalue weighted by molar-refractivity contribution is -0.140. The Morgan fingerprint density at radius 1 is 1.08 bits per heavy atom. The van der Waals surface area contributed by atoms with Crippen LogP contribution in [0.15, 0.2) is 42.5 Å². The minimum Gasteiger partial charge on any atom is -0.454 e. The SMILES string of the molecule is CCCNC(=O)C(CC)N(Cc1ccccc1Cl)C(=O)CN(c1ccc2c(c1)OCO2)S(=O)(=O)CC. The fourth-order valence-electron chi connectivity index (χ4n) is 3.86. The van der Waals surface area contributed by atoms with E-state index < -0.39 is 28.5 Å². The van der Waals surface area contributed by atoms with Crippen LogP contribution in [0.2, 0.25) is 5.02 Å². The summed E-state index contributed by atoms with van der Waals surface area (Å²) in [5.74, 6) is -0.142. The van der Waals surface area contributed by atoms with Crippen LogP contribution in [-0.2, 0) is 26.2 Å². The van der Waals surface area contributed by atoms with Crippen LogP contribution in [0, 0.1) is 0 Å². The fraction of sp³-hybridized carbons (Fsp3) is 0.440. The molecule has 1 aliphatic heterocycles. The average Bonchev–Trinajstić information content (AvgIpc) is 3.34. The third kappa shape index (κ3) is 6.41. The zero-order valence-corrected chi connectivity index (χ0v) is 22.3. The van der Waals surface area contributed by atoms with Gasteiger partial charge in [0.15, 0.2) is 11.5 Å². The predicted octanol–water partition coefficient (Wildman–Crippen LogP) is 3.56. The molecule has 0 aliphatic carbocycles. The molecular weight excluding hydrogens is 506 g/mol. The number of hydrogen-bond acceptors (Lipinski definition) is 6. The van der Waals surface area contributed by atoms with Gasteiger partial charge in [-0.15, -0.1) is 0 Å². The van der Waals surface area contributed by atoms with Crippen molar-refractivity contribution in [2.24, 2.45) is 0 Å². The lowest BCUT2D eigenvalue weighted by Crippen LogP contribution is -2.52. The molecule has 1 heterocycles. The highest BCUT2D eigenvalue weighted by molar-refractivity contribution is 7.92. The summed E-state index contributed by atoms with van der Waals surface area (Å²) in [5, 5.41) is 3.30. The van der Waals surface area contributed by atoms with Gasteiger partial charge >= 0.3 is 0 Å². The zero-order valence-electron chi connectivity index (χ0n) is 20.7. The second kappa shape index (κ2) is 12.3. The van der Waals surface area contributed by atoms with E-state index in [0.717, 1.165) is 10.7 Å². The number of nitrogens with one attached hydrogen (secondary N) is 1. The van der Waals surface area contributed by atoms with E-state index in [1.165, 1.54) is 17.9 Å². The molecule has 36 heavy (non-hydrogen) atoms. The molecule has 0 saturated carbocycles. The van der Waals surface area contributed by atoms with Crippen LogP contribution < -0.4 is 19.1 Å². The van der Waals surface area contributed by atoms with Crippen molar-refractivity contribution in [2.75, 3.05) is 29.9 Å². The number of benzene rings is 2. The van der Waals surface area contributed by atoms with Crippen molar-refractivity contribution in [2.45, 2.75) is 46.2 Å². The Labute approximate surface area is 217 Å². The molecule has 0 fully saturated rings. The Balaban J connectivity index is 1.97. The van der Waals surface area contributed by atoms with Crippen molar-refractivity contribution in [3.05, 3.63) is 53.1 Å². The second-order valence-corrected chi connectivity index (χ2v) is 10.9. The summed E-state index contributed by atoms with van der Waals surface area (Å²) in [5.41, 5.74) is 0.929. The van der Waals surface area contributed by atoms with Gasteiger partial charge < -0.3 is 19.7 Å². The van der Waals surface area contributed by atoms with Crippen molar-refractivity contribution in [1.82, 2.24) is 10.2 Å². The highest BCUT2D eigenvalue weighted by Crippen LogP contribution is 2.36. The lowest BCUT2D eigenvalue weighted by Gasteiger charge is -2.33. The number of sulfonamides is 1. The molecule has 11 heteroatoms. The molecule has 2 aromatic carbocycles. The van der Waals surface area contributed by atoms with Crippen molar-refractivity contribution in [3.63, 3.8) is 0 Å². The van der Waals surface area contributed by atoms with E-state index in [2.05, 4.69) is 5.32 Å². The fourth-order valence-corrected chi connectivity index (χ4v) is 5.10. The summed E-state index contributed by atoms with van der Waals surface area (Å²) in [6, 6.07) is 11.0. The van der Waals surface area contributed by atoms with E-state index in [-0.39, 0.29) is 30.7 Å². The van der Waals surface area contributed by atoms with Gasteiger partial charge in [0.2, 0.25) is 28.6 Å². The van der Waals surface area contributed by atoms with Crippen LogP contribution in [0.1, 0.15) is 39.2 Å². The molecule has 0 aromatic heterocycles. The molecule has 0 saturated heterocycles. The Bertz CT molecular complexity index is 1190. The topological polar surface area (TPSA) is 105 Å². The minimum absolute atomic E-state index is 0.0366. The number of fused-ring (bicyclic) bond motifs is 1.